The molecule has 1 N–H and O–H groups in total. The zero-order valence-corrected chi connectivity index (χ0v) is 15.3. The zero-order valence-electron chi connectivity index (χ0n) is 15.3. The number of hydrogen-bond donors (Lipinski definition) is 1. The number of Topliss-reactive ketones (excluding diaryl/α,β-unsaturated/α-hetero) is 1. The van der Waals surface area contributed by atoms with Crippen molar-refractivity contribution in [1.82, 2.24) is 0 Å². The third kappa shape index (κ3) is 2.12. The van der Waals surface area contributed by atoms with Crippen molar-refractivity contribution in [2.45, 2.75) is 64.4 Å². The highest BCUT2D eigenvalue weighted by Crippen LogP contribution is 2.66. The summed E-state index contributed by atoms with van der Waals surface area (Å²) in [5.41, 5.74) is -1.74. The van der Waals surface area contributed by atoms with Gasteiger partial charge in [-0.2, -0.15) is 0 Å². The highest BCUT2D eigenvalue weighted by molar-refractivity contribution is 5.92. The van der Waals surface area contributed by atoms with Crippen LogP contribution in [0.25, 0.3) is 0 Å². The number of alkyl halides is 2. The van der Waals surface area contributed by atoms with Gasteiger partial charge < -0.3 is 5.11 Å². The van der Waals surface area contributed by atoms with Gasteiger partial charge in [0.05, 0.1) is 0 Å². The van der Waals surface area contributed by atoms with Crippen LogP contribution >= 0.6 is 0 Å². The SMILES string of the molecule is C[C@]12CCC(=O)C=C1C=C[C@@H]1[C@@H]2CC[C@@]2(C)[C@H]1CC[C@]2(O)C(=O)C(F)F. The van der Waals surface area contributed by atoms with E-state index in [0.717, 1.165) is 18.4 Å². The fraction of sp³-hybridized carbons (Fsp3) is 0.714. The van der Waals surface area contributed by atoms with Gasteiger partial charge in [-0.25, -0.2) is 8.78 Å². The molecule has 4 aliphatic carbocycles. The zero-order chi connectivity index (χ0) is 18.9. The lowest BCUT2D eigenvalue weighted by atomic mass is 9.48. The van der Waals surface area contributed by atoms with E-state index >= 15 is 0 Å². The molecule has 142 valence electrons. The van der Waals surface area contributed by atoms with Crippen LogP contribution in [0.3, 0.4) is 0 Å². The van der Waals surface area contributed by atoms with Gasteiger partial charge in [-0.05, 0) is 66.9 Å². The smallest absolute Gasteiger partial charge is 0.298 e. The molecule has 0 spiro atoms. The number of rotatable bonds is 2. The molecule has 2 fully saturated rings. The van der Waals surface area contributed by atoms with Gasteiger partial charge in [-0.1, -0.05) is 26.0 Å². The van der Waals surface area contributed by atoms with E-state index in [-0.39, 0.29) is 29.5 Å². The number of carbonyl (C=O) groups is 2. The number of ketones is 2. The molecule has 0 heterocycles. The van der Waals surface area contributed by atoms with Crippen molar-refractivity contribution < 1.29 is 23.5 Å². The normalized spacial score (nSPS) is 47.2. The van der Waals surface area contributed by atoms with E-state index in [0.29, 0.717) is 25.2 Å². The first-order valence-corrected chi connectivity index (χ1v) is 9.61. The Hall–Kier alpha value is -1.36. The van der Waals surface area contributed by atoms with Crippen LogP contribution in [-0.4, -0.2) is 28.7 Å². The molecular weight excluding hydrogens is 338 g/mol. The van der Waals surface area contributed by atoms with Crippen molar-refractivity contribution in [1.29, 1.82) is 0 Å². The first-order valence-electron chi connectivity index (χ1n) is 9.61. The minimum Gasteiger partial charge on any atom is -0.381 e. The molecule has 0 aromatic heterocycles. The van der Waals surface area contributed by atoms with E-state index in [9.17, 15) is 23.5 Å². The van der Waals surface area contributed by atoms with Crippen LogP contribution in [0.5, 0.6) is 0 Å². The molecule has 6 atom stereocenters. The van der Waals surface area contributed by atoms with Gasteiger partial charge in [-0.3, -0.25) is 9.59 Å². The van der Waals surface area contributed by atoms with Crippen molar-refractivity contribution in [2.24, 2.45) is 28.6 Å². The highest BCUT2D eigenvalue weighted by Gasteiger charge is 2.66. The van der Waals surface area contributed by atoms with Crippen LogP contribution in [0.2, 0.25) is 0 Å². The second-order valence-corrected chi connectivity index (χ2v) is 9.15. The lowest BCUT2D eigenvalue weighted by Crippen LogP contribution is -2.58. The number of aliphatic hydroxyl groups is 1. The summed E-state index contributed by atoms with van der Waals surface area (Å²) in [5.74, 6) is -0.645. The molecule has 0 aromatic carbocycles. The second kappa shape index (κ2) is 5.57. The van der Waals surface area contributed by atoms with Gasteiger partial charge in [0.25, 0.3) is 6.43 Å². The molecule has 2 saturated carbocycles. The lowest BCUT2D eigenvalue weighted by molar-refractivity contribution is -0.169. The molecule has 0 saturated heterocycles. The fourth-order valence-corrected chi connectivity index (χ4v) is 6.60. The molecule has 4 aliphatic rings. The van der Waals surface area contributed by atoms with E-state index < -0.39 is 23.2 Å². The number of hydrogen-bond acceptors (Lipinski definition) is 3. The Bertz CT molecular complexity index is 727. The monoisotopic (exact) mass is 364 g/mol. The predicted molar refractivity (Wildman–Crippen MR) is 92.6 cm³/mol. The average molecular weight is 364 g/mol. The summed E-state index contributed by atoms with van der Waals surface area (Å²) in [6.07, 6.45) is 6.17. The van der Waals surface area contributed by atoms with Crippen molar-refractivity contribution >= 4 is 11.6 Å². The number of halogens is 2. The minimum absolute atomic E-state index is 0.0150. The molecule has 0 amide bonds. The third-order valence-electron chi connectivity index (χ3n) is 8.27. The maximum absolute atomic E-state index is 13.1. The van der Waals surface area contributed by atoms with Crippen LogP contribution in [-0.2, 0) is 9.59 Å². The van der Waals surface area contributed by atoms with Gasteiger partial charge >= 0.3 is 0 Å². The standard InChI is InChI=1S/C21H26F2O3/c1-19-8-5-13(24)11-12(19)3-4-14-15(19)6-9-20(2)16(14)7-10-21(20,26)17(25)18(22)23/h3-4,11,14-16,18,26H,5-10H2,1-2H3/t14-,15+,16+,19+,20+,21+/m1/s1. The topological polar surface area (TPSA) is 54.4 Å². The van der Waals surface area contributed by atoms with Crippen LogP contribution in [0.1, 0.15) is 52.4 Å². The summed E-state index contributed by atoms with van der Waals surface area (Å²) < 4.78 is 26.3. The van der Waals surface area contributed by atoms with E-state index in [1.54, 1.807) is 6.08 Å². The van der Waals surface area contributed by atoms with Crippen LogP contribution in [0.15, 0.2) is 23.8 Å². The summed E-state index contributed by atoms with van der Waals surface area (Å²) >= 11 is 0. The maximum atomic E-state index is 13.1. The molecular formula is C21H26F2O3. The quantitative estimate of drug-likeness (QED) is 0.809. The van der Waals surface area contributed by atoms with Crippen molar-refractivity contribution in [3.8, 4) is 0 Å². The third-order valence-corrected chi connectivity index (χ3v) is 8.27. The van der Waals surface area contributed by atoms with Crippen LogP contribution in [0.4, 0.5) is 8.78 Å². The molecule has 0 bridgehead atoms. The molecule has 0 aromatic rings. The fourth-order valence-electron chi connectivity index (χ4n) is 6.60. The Balaban J connectivity index is 1.72. The van der Waals surface area contributed by atoms with E-state index in [1.165, 1.54) is 0 Å². The van der Waals surface area contributed by atoms with Crippen molar-refractivity contribution in [2.75, 3.05) is 0 Å². The first-order chi connectivity index (χ1) is 12.1. The van der Waals surface area contributed by atoms with E-state index in [2.05, 4.69) is 13.0 Å². The molecule has 5 heteroatoms. The van der Waals surface area contributed by atoms with Gasteiger partial charge in [0, 0.05) is 11.8 Å². The van der Waals surface area contributed by atoms with Gasteiger partial charge in [0.2, 0.25) is 5.78 Å². The first kappa shape index (κ1) is 18.0. The molecule has 3 nitrogen and oxygen atoms in total. The van der Waals surface area contributed by atoms with Crippen LogP contribution < -0.4 is 0 Å². The lowest BCUT2D eigenvalue weighted by Gasteiger charge is -2.56. The summed E-state index contributed by atoms with van der Waals surface area (Å²) in [5, 5.41) is 11.0. The van der Waals surface area contributed by atoms with Crippen LogP contribution in [0, 0.1) is 28.6 Å². The maximum Gasteiger partial charge on any atom is 0.298 e. The number of allylic oxidation sites excluding steroid dienone is 4. The molecule has 0 radical (unpaired) electrons. The number of fused-ring (bicyclic) bond motifs is 5. The molecule has 0 aliphatic heterocycles. The Labute approximate surface area is 152 Å². The van der Waals surface area contributed by atoms with E-state index in [1.807, 2.05) is 13.0 Å². The minimum atomic E-state index is -3.13. The Kier molecular flexibility index (Phi) is 3.86. The average Bonchev–Trinajstić information content (AvgIpc) is 2.87. The predicted octanol–water partition coefficient (Wildman–Crippen LogP) is 3.86. The van der Waals surface area contributed by atoms with E-state index in [4.69, 9.17) is 0 Å². The highest BCUT2D eigenvalue weighted by atomic mass is 19.3. The Morgan fingerprint density at radius 2 is 1.88 bits per heavy atom. The number of carbonyl (C=O) groups excluding carboxylic acids is 2. The summed E-state index contributed by atoms with van der Waals surface area (Å²) in [7, 11) is 0. The van der Waals surface area contributed by atoms with Gasteiger partial charge in [0.1, 0.15) is 5.60 Å². The van der Waals surface area contributed by atoms with Gasteiger partial charge in [0.15, 0.2) is 5.78 Å². The Morgan fingerprint density at radius 1 is 1.19 bits per heavy atom. The summed E-state index contributed by atoms with van der Waals surface area (Å²) in [6, 6.07) is 0. The second-order valence-electron chi connectivity index (χ2n) is 9.15. The van der Waals surface area contributed by atoms with Gasteiger partial charge in [-0.15, -0.1) is 0 Å². The molecule has 4 rings (SSSR count). The summed E-state index contributed by atoms with van der Waals surface area (Å²) in [4.78, 5) is 24.0. The van der Waals surface area contributed by atoms with Crippen molar-refractivity contribution in [3.63, 3.8) is 0 Å². The largest absolute Gasteiger partial charge is 0.381 e. The molecule has 0 unspecified atom stereocenters. The Morgan fingerprint density at radius 3 is 2.58 bits per heavy atom. The molecule has 26 heavy (non-hydrogen) atoms. The van der Waals surface area contributed by atoms with Crippen molar-refractivity contribution in [3.05, 3.63) is 23.8 Å². The summed E-state index contributed by atoms with van der Waals surface area (Å²) in [6.45, 7) is 4.04.